The maximum atomic E-state index is 6.30. The molecule has 2 aliphatic rings. The molecule has 0 spiro atoms. The molecule has 0 saturated heterocycles. The molecule has 1 aromatic rings. The standard InChI is InChI=1S/C19H30N2O/c20-16-10-4-5-11-17(16)21-18-12-6-7-13-19(18)22-14-15-8-2-1-3-9-15/h1-3,8-9,16-19,21H,4-7,10-14,20H2/t16-,17+,18+,19+/m1/s1. The number of rotatable bonds is 5. The van der Waals surface area contributed by atoms with Crippen LogP contribution in [0.4, 0.5) is 0 Å². The number of hydrogen-bond donors (Lipinski definition) is 2. The molecule has 0 bridgehead atoms. The third-order valence-corrected chi connectivity index (χ3v) is 5.26. The third kappa shape index (κ3) is 4.31. The van der Waals surface area contributed by atoms with Gasteiger partial charge in [-0.05, 0) is 31.2 Å². The second-order valence-corrected chi connectivity index (χ2v) is 6.95. The van der Waals surface area contributed by atoms with Gasteiger partial charge in [0.05, 0.1) is 12.7 Å². The number of hydrogen-bond acceptors (Lipinski definition) is 3. The van der Waals surface area contributed by atoms with Crippen molar-refractivity contribution in [3.05, 3.63) is 35.9 Å². The molecule has 22 heavy (non-hydrogen) atoms. The van der Waals surface area contributed by atoms with E-state index in [0.717, 1.165) is 6.61 Å². The van der Waals surface area contributed by atoms with Crippen molar-refractivity contribution in [2.75, 3.05) is 0 Å². The fourth-order valence-electron chi connectivity index (χ4n) is 3.91. The molecule has 0 amide bonds. The lowest BCUT2D eigenvalue weighted by Gasteiger charge is -2.38. The van der Waals surface area contributed by atoms with E-state index in [1.807, 2.05) is 0 Å². The summed E-state index contributed by atoms with van der Waals surface area (Å²) < 4.78 is 6.26. The molecule has 4 atom stereocenters. The Morgan fingerprint density at radius 1 is 0.909 bits per heavy atom. The predicted molar refractivity (Wildman–Crippen MR) is 90.6 cm³/mol. The van der Waals surface area contributed by atoms with E-state index in [9.17, 15) is 0 Å². The van der Waals surface area contributed by atoms with E-state index in [1.54, 1.807) is 0 Å². The molecule has 0 aliphatic heterocycles. The highest BCUT2D eigenvalue weighted by molar-refractivity contribution is 5.13. The Bertz CT molecular complexity index is 436. The molecule has 3 rings (SSSR count). The van der Waals surface area contributed by atoms with Gasteiger partial charge in [-0.25, -0.2) is 0 Å². The van der Waals surface area contributed by atoms with Gasteiger partial charge in [-0.15, -0.1) is 0 Å². The van der Waals surface area contributed by atoms with Crippen LogP contribution in [0.1, 0.15) is 56.9 Å². The second-order valence-electron chi connectivity index (χ2n) is 6.95. The van der Waals surface area contributed by atoms with E-state index in [1.165, 1.54) is 56.9 Å². The maximum Gasteiger partial charge on any atom is 0.0732 e. The largest absolute Gasteiger partial charge is 0.372 e. The van der Waals surface area contributed by atoms with Gasteiger partial charge in [0.2, 0.25) is 0 Å². The highest BCUT2D eigenvalue weighted by Crippen LogP contribution is 2.25. The average molecular weight is 302 g/mol. The Morgan fingerprint density at radius 3 is 2.36 bits per heavy atom. The Hall–Kier alpha value is -0.900. The SMILES string of the molecule is N[C@@H]1CCCC[C@@H]1N[C@H]1CCCC[C@@H]1OCc1ccccc1. The first kappa shape index (κ1) is 16.0. The minimum atomic E-state index is 0.324. The van der Waals surface area contributed by atoms with Crippen LogP contribution >= 0.6 is 0 Å². The molecule has 122 valence electrons. The van der Waals surface area contributed by atoms with Gasteiger partial charge < -0.3 is 15.8 Å². The van der Waals surface area contributed by atoms with Crippen molar-refractivity contribution < 1.29 is 4.74 Å². The zero-order chi connectivity index (χ0) is 15.2. The van der Waals surface area contributed by atoms with Crippen LogP contribution in [-0.2, 0) is 11.3 Å². The van der Waals surface area contributed by atoms with Crippen LogP contribution in [-0.4, -0.2) is 24.2 Å². The highest BCUT2D eigenvalue weighted by atomic mass is 16.5. The summed E-state index contributed by atoms with van der Waals surface area (Å²) in [6.07, 6.45) is 10.3. The third-order valence-electron chi connectivity index (χ3n) is 5.26. The Kier molecular flexibility index (Phi) is 5.88. The number of benzene rings is 1. The first-order chi connectivity index (χ1) is 10.8. The van der Waals surface area contributed by atoms with E-state index < -0.39 is 0 Å². The van der Waals surface area contributed by atoms with Crippen molar-refractivity contribution in [2.45, 2.75) is 82.2 Å². The van der Waals surface area contributed by atoms with Gasteiger partial charge in [0.15, 0.2) is 0 Å². The summed E-state index contributed by atoms with van der Waals surface area (Å²) in [4.78, 5) is 0. The van der Waals surface area contributed by atoms with E-state index in [4.69, 9.17) is 10.5 Å². The molecule has 1 aromatic carbocycles. The summed E-state index contributed by atoms with van der Waals surface area (Å²) in [7, 11) is 0. The molecule has 2 fully saturated rings. The van der Waals surface area contributed by atoms with Gasteiger partial charge in [-0.1, -0.05) is 56.0 Å². The van der Waals surface area contributed by atoms with Crippen molar-refractivity contribution in [2.24, 2.45) is 5.73 Å². The molecule has 3 N–H and O–H groups in total. The topological polar surface area (TPSA) is 47.3 Å². The second kappa shape index (κ2) is 8.09. The average Bonchev–Trinajstić information content (AvgIpc) is 2.57. The van der Waals surface area contributed by atoms with Gasteiger partial charge in [0, 0.05) is 18.1 Å². The number of nitrogens with two attached hydrogens (primary N) is 1. The van der Waals surface area contributed by atoms with Crippen LogP contribution in [0.15, 0.2) is 30.3 Å². The van der Waals surface area contributed by atoms with Gasteiger partial charge in [-0.2, -0.15) is 0 Å². The van der Waals surface area contributed by atoms with Crippen molar-refractivity contribution >= 4 is 0 Å². The Morgan fingerprint density at radius 2 is 1.59 bits per heavy atom. The highest BCUT2D eigenvalue weighted by Gasteiger charge is 2.30. The zero-order valence-electron chi connectivity index (χ0n) is 13.5. The maximum absolute atomic E-state index is 6.30. The van der Waals surface area contributed by atoms with Crippen LogP contribution in [0, 0.1) is 0 Å². The molecule has 0 unspecified atom stereocenters. The first-order valence-electron chi connectivity index (χ1n) is 9.00. The Labute approximate surface area is 134 Å². The van der Waals surface area contributed by atoms with Crippen molar-refractivity contribution in [1.82, 2.24) is 5.32 Å². The summed E-state index contributed by atoms with van der Waals surface area (Å²) in [6.45, 7) is 0.723. The lowest BCUT2D eigenvalue weighted by atomic mass is 9.87. The van der Waals surface area contributed by atoms with Crippen LogP contribution in [0.3, 0.4) is 0 Å². The number of ether oxygens (including phenoxy) is 1. The van der Waals surface area contributed by atoms with Crippen LogP contribution < -0.4 is 11.1 Å². The van der Waals surface area contributed by atoms with Crippen LogP contribution in [0.25, 0.3) is 0 Å². The van der Waals surface area contributed by atoms with E-state index in [-0.39, 0.29) is 0 Å². The molecular formula is C19H30N2O. The number of nitrogens with one attached hydrogen (secondary N) is 1. The van der Waals surface area contributed by atoms with Crippen molar-refractivity contribution in [3.63, 3.8) is 0 Å². The molecule has 0 aromatic heterocycles. The molecule has 2 aliphatic carbocycles. The van der Waals surface area contributed by atoms with Gasteiger partial charge in [-0.3, -0.25) is 0 Å². The molecule has 3 nitrogen and oxygen atoms in total. The van der Waals surface area contributed by atoms with Crippen molar-refractivity contribution in [3.8, 4) is 0 Å². The lowest BCUT2D eigenvalue weighted by Crippen LogP contribution is -2.55. The van der Waals surface area contributed by atoms with Gasteiger partial charge in [0.1, 0.15) is 0 Å². The summed E-state index contributed by atoms with van der Waals surface area (Å²) in [5.74, 6) is 0. The van der Waals surface area contributed by atoms with Crippen molar-refractivity contribution in [1.29, 1.82) is 0 Å². The minimum absolute atomic E-state index is 0.324. The molecule has 2 saturated carbocycles. The van der Waals surface area contributed by atoms with Gasteiger partial charge >= 0.3 is 0 Å². The molecular weight excluding hydrogens is 272 g/mol. The normalized spacial score (nSPS) is 32.8. The van der Waals surface area contributed by atoms with E-state index >= 15 is 0 Å². The zero-order valence-corrected chi connectivity index (χ0v) is 13.5. The summed E-state index contributed by atoms with van der Waals surface area (Å²) >= 11 is 0. The lowest BCUT2D eigenvalue weighted by molar-refractivity contribution is -0.0102. The fourth-order valence-corrected chi connectivity index (χ4v) is 3.91. The molecule has 0 heterocycles. The summed E-state index contributed by atoms with van der Waals surface area (Å²) in [5, 5.41) is 3.84. The molecule has 3 heteroatoms. The quantitative estimate of drug-likeness (QED) is 0.876. The van der Waals surface area contributed by atoms with E-state index in [2.05, 4.69) is 35.6 Å². The summed E-state index contributed by atoms with van der Waals surface area (Å²) in [5.41, 5.74) is 7.57. The fraction of sp³-hybridized carbons (Fsp3) is 0.684. The monoisotopic (exact) mass is 302 g/mol. The predicted octanol–water partition coefficient (Wildman–Crippen LogP) is 3.37. The summed E-state index contributed by atoms with van der Waals surface area (Å²) in [6, 6.07) is 11.8. The van der Waals surface area contributed by atoms with Crippen LogP contribution in [0.5, 0.6) is 0 Å². The van der Waals surface area contributed by atoms with Gasteiger partial charge in [0.25, 0.3) is 0 Å². The van der Waals surface area contributed by atoms with E-state index in [0.29, 0.717) is 24.2 Å². The minimum Gasteiger partial charge on any atom is -0.372 e. The first-order valence-corrected chi connectivity index (χ1v) is 9.00. The van der Waals surface area contributed by atoms with Crippen LogP contribution in [0.2, 0.25) is 0 Å². The Balaban J connectivity index is 1.54. The molecule has 0 radical (unpaired) electrons. The smallest absolute Gasteiger partial charge is 0.0732 e.